The van der Waals surface area contributed by atoms with E-state index in [0.717, 1.165) is 0 Å². The molecule has 0 bridgehead atoms. The van der Waals surface area contributed by atoms with E-state index in [-0.39, 0.29) is 0 Å². The second kappa shape index (κ2) is 3.54. The average Bonchev–Trinajstić information content (AvgIpc) is 2.27. The van der Waals surface area contributed by atoms with E-state index in [4.69, 9.17) is 0 Å². The van der Waals surface area contributed by atoms with Gasteiger partial charge in [-0.05, 0) is 0 Å². The van der Waals surface area contributed by atoms with Crippen molar-refractivity contribution in [2.45, 2.75) is 59.3 Å². The summed E-state index contributed by atoms with van der Waals surface area (Å²) in [6, 6.07) is 2.42. The van der Waals surface area contributed by atoms with Gasteiger partial charge < -0.3 is 0 Å². The van der Waals surface area contributed by atoms with Crippen LogP contribution in [0.25, 0.3) is 0 Å². The first-order valence-electron chi connectivity index (χ1n) is 5.24. The molecule has 1 heterocycles. The minimum absolute atomic E-state index is 0.355. The van der Waals surface area contributed by atoms with Crippen molar-refractivity contribution in [1.82, 2.24) is 0 Å². The molecule has 14 heavy (non-hydrogen) atoms. The van der Waals surface area contributed by atoms with E-state index in [9.17, 15) is 0 Å². The molecule has 0 saturated carbocycles. The Balaban J connectivity index is 3.19. The van der Waals surface area contributed by atoms with Gasteiger partial charge in [-0.3, -0.25) is 0 Å². The Bertz CT molecular complexity index is 318. The summed E-state index contributed by atoms with van der Waals surface area (Å²) in [5.41, 5.74) is 2.23. The number of aryl methyl sites for hydroxylation is 1. The van der Waals surface area contributed by atoms with Crippen molar-refractivity contribution >= 4 is 14.5 Å². The molecule has 1 aromatic heterocycles. The number of rotatable bonds is 0. The van der Waals surface area contributed by atoms with Gasteiger partial charge in [0, 0.05) is 0 Å². The van der Waals surface area contributed by atoms with Crippen molar-refractivity contribution in [3.63, 3.8) is 0 Å². The maximum absolute atomic E-state index is 2.42. The third-order valence-corrected chi connectivity index (χ3v) is 6.72. The molecule has 0 aromatic carbocycles. The normalized spacial score (nSPS) is 13.4. The summed E-state index contributed by atoms with van der Waals surface area (Å²) in [6.45, 7) is 16.2. The molecule has 0 unspecified atom stereocenters. The fraction of sp³-hybridized carbons (Fsp3) is 0.692. The molecule has 80 valence electrons. The molecule has 0 aliphatic rings. The molecule has 0 saturated heterocycles. The Labute approximate surface area is 94.5 Å². The third-order valence-electron chi connectivity index (χ3n) is 2.34. The predicted molar refractivity (Wildman–Crippen MR) is 65.5 cm³/mol. The summed E-state index contributed by atoms with van der Waals surface area (Å²) in [4.78, 5) is 0. The number of hydrogen-bond acceptors (Lipinski definition) is 0. The monoisotopic (exact) mass is 258 g/mol. The van der Waals surface area contributed by atoms with Crippen LogP contribution in [0, 0.1) is 6.92 Å². The van der Waals surface area contributed by atoms with E-state index in [1.165, 1.54) is 5.56 Å². The SMILES string of the molecule is Cc1cc(C(C)(C)C)[se]c1C(C)(C)C. The molecule has 0 fully saturated rings. The topological polar surface area (TPSA) is 0 Å². The van der Waals surface area contributed by atoms with E-state index in [1.54, 1.807) is 8.87 Å². The summed E-state index contributed by atoms with van der Waals surface area (Å²) in [7, 11) is 0. The van der Waals surface area contributed by atoms with Crippen LogP contribution >= 0.6 is 0 Å². The van der Waals surface area contributed by atoms with Crippen LogP contribution < -0.4 is 0 Å². The van der Waals surface area contributed by atoms with Crippen molar-refractivity contribution in [3.05, 3.63) is 20.5 Å². The molecule has 0 radical (unpaired) electrons. The fourth-order valence-electron chi connectivity index (χ4n) is 1.60. The number of hydrogen-bond donors (Lipinski definition) is 0. The Kier molecular flexibility index (Phi) is 3.05. The molecule has 0 aliphatic heterocycles. The van der Waals surface area contributed by atoms with Gasteiger partial charge in [-0.1, -0.05) is 0 Å². The van der Waals surface area contributed by atoms with Crippen LogP contribution in [-0.2, 0) is 10.8 Å². The fourth-order valence-corrected chi connectivity index (χ4v) is 4.30. The van der Waals surface area contributed by atoms with Gasteiger partial charge in [0.2, 0.25) is 0 Å². The van der Waals surface area contributed by atoms with Crippen LogP contribution in [0.4, 0.5) is 0 Å². The second-order valence-corrected chi connectivity index (χ2v) is 8.33. The first-order chi connectivity index (χ1) is 6.12. The van der Waals surface area contributed by atoms with Crippen LogP contribution in [0.15, 0.2) is 6.07 Å². The summed E-state index contributed by atoms with van der Waals surface area (Å²) in [5, 5.41) is 0. The van der Waals surface area contributed by atoms with Crippen molar-refractivity contribution in [1.29, 1.82) is 0 Å². The Morgan fingerprint density at radius 2 is 1.43 bits per heavy atom. The van der Waals surface area contributed by atoms with Crippen LogP contribution in [0.1, 0.15) is 56.0 Å². The molecule has 0 N–H and O–H groups in total. The van der Waals surface area contributed by atoms with Crippen LogP contribution in [0.2, 0.25) is 0 Å². The standard InChI is InChI=1S/C13H22Se/c1-9-8-10(12(2,3)4)14-11(9)13(5,6)7/h8H,1-7H3. The third kappa shape index (κ3) is 2.52. The van der Waals surface area contributed by atoms with Crippen molar-refractivity contribution < 1.29 is 0 Å². The molecular formula is C13H22Se. The van der Waals surface area contributed by atoms with Gasteiger partial charge in [-0.2, -0.15) is 0 Å². The molecular weight excluding hydrogens is 235 g/mol. The quantitative estimate of drug-likeness (QED) is 0.622. The van der Waals surface area contributed by atoms with E-state index in [0.29, 0.717) is 25.3 Å². The van der Waals surface area contributed by atoms with Crippen LogP contribution in [0.5, 0.6) is 0 Å². The van der Waals surface area contributed by atoms with Gasteiger partial charge in [0.15, 0.2) is 0 Å². The molecule has 0 atom stereocenters. The Morgan fingerprint density at radius 1 is 0.929 bits per heavy atom. The summed E-state index contributed by atoms with van der Waals surface area (Å²) >= 11 is 0.584. The van der Waals surface area contributed by atoms with Crippen LogP contribution in [0.3, 0.4) is 0 Å². The van der Waals surface area contributed by atoms with Crippen molar-refractivity contribution in [2.75, 3.05) is 0 Å². The minimum atomic E-state index is 0.355. The molecule has 0 nitrogen and oxygen atoms in total. The summed E-state index contributed by atoms with van der Waals surface area (Å²) < 4.78 is 3.32. The predicted octanol–water partition coefficient (Wildman–Crippen LogP) is 3.65. The van der Waals surface area contributed by atoms with Gasteiger partial charge in [-0.15, -0.1) is 0 Å². The van der Waals surface area contributed by atoms with Crippen LogP contribution in [-0.4, -0.2) is 14.5 Å². The van der Waals surface area contributed by atoms with E-state index in [1.807, 2.05) is 0 Å². The van der Waals surface area contributed by atoms with Gasteiger partial charge >= 0.3 is 94.3 Å². The molecule has 1 rings (SSSR count). The van der Waals surface area contributed by atoms with Gasteiger partial charge in [0.05, 0.1) is 0 Å². The summed E-state index contributed by atoms with van der Waals surface area (Å²) in [5.74, 6) is 0. The van der Waals surface area contributed by atoms with E-state index in [2.05, 4.69) is 54.5 Å². The average molecular weight is 257 g/mol. The molecule has 1 aromatic rings. The maximum atomic E-state index is 2.42. The zero-order valence-corrected chi connectivity index (χ0v) is 12.2. The molecule has 0 aliphatic carbocycles. The van der Waals surface area contributed by atoms with E-state index < -0.39 is 0 Å². The van der Waals surface area contributed by atoms with Crippen molar-refractivity contribution in [2.24, 2.45) is 0 Å². The summed E-state index contributed by atoms with van der Waals surface area (Å²) in [6.07, 6.45) is 0. The molecule has 0 spiro atoms. The van der Waals surface area contributed by atoms with Gasteiger partial charge in [0.25, 0.3) is 0 Å². The zero-order valence-electron chi connectivity index (χ0n) is 10.5. The van der Waals surface area contributed by atoms with E-state index >= 15 is 0 Å². The van der Waals surface area contributed by atoms with Crippen molar-refractivity contribution in [3.8, 4) is 0 Å². The molecule has 0 amide bonds. The Morgan fingerprint density at radius 3 is 1.64 bits per heavy atom. The Hall–Kier alpha value is -0.000519. The second-order valence-electron chi connectivity index (χ2n) is 6.12. The van der Waals surface area contributed by atoms with Gasteiger partial charge in [-0.25, -0.2) is 0 Å². The zero-order chi connectivity index (χ0) is 11.1. The van der Waals surface area contributed by atoms with Gasteiger partial charge in [0.1, 0.15) is 0 Å². The first kappa shape index (κ1) is 12.1. The first-order valence-corrected chi connectivity index (χ1v) is 6.95. The molecule has 1 heteroatoms.